The molecule has 0 aliphatic carbocycles. The number of fused-ring (bicyclic) bond motifs is 1. The number of nitrogens with one attached hydrogen (secondary N) is 1. The Morgan fingerprint density at radius 3 is 2.64 bits per heavy atom. The van der Waals surface area contributed by atoms with Crippen molar-refractivity contribution in [3.05, 3.63) is 70.6 Å². The summed E-state index contributed by atoms with van der Waals surface area (Å²) >= 11 is 0. The van der Waals surface area contributed by atoms with Crippen molar-refractivity contribution in [1.29, 1.82) is 0 Å². The molecule has 0 atom stereocenters. The largest absolute Gasteiger partial charge is 0.508 e. The lowest BCUT2D eigenvalue weighted by Crippen LogP contribution is -2.15. The van der Waals surface area contributed by atoms with Crippen molar-refractivity contribution >= 4 is 22.6 Å². The number of carbonyl (C=O) groups excluding carboxylic acids is 1. The summed E-state index contributed by atoms with van der Waals surface area (Å²) in [4.78, 5) is 23.7. The van der Waals surface area contributed by atoms with Crippen LogP contribution in [0.15, 0.2) is 63.8 Å². The molecule has 0 aliphatic heterocycles. The van der Waals surface area contributed by atoms with E-state index in [4.69, 9.17) is 4.42 Å². The lowest BCUT2D eigenvalue weighted by molar-refractivity contribution is -0.115. The van der Waals surface area contributed by atoms with Crippen molar-refractivity contribution in [1.82, 2.24) is 0 Å². The summed E-state index contributed by atoms with van der Waals surface area (Å²) in [6, 6.07) is 14.8. The van der Waals surface area contributed by atoms with Crippen molar-refractivity contribution in [2.45, 2.75) is 6.42 Å². The molecule has 0 fully saturated rings. The molecule has 110 valence electrons. The second kappa shape index (κ2) is 5.73. The average Bonchev–Trinajstić information content (AvgIpc) is 2.47. The molecule has 0 unspecified atom stereocenters. The van der Waals surface area contributed by atoms with E-state index >= 15 is 0 Å². The Labute approximate surface area is 125 Å². The molecule has 0 saturated carbocycles. The molecule has 0 aliphatic rings. The van der Waals surface area contributed by atoms with Gasteiger partial charge in [0.1, 0.15) is 11.3 Å². The molecule has 0 radical (unpaired) electrons. The Bertz CT molecular complexity index is 884. The zero-order chi connectivity index (χ0) is 15.5. The van der Waals surface area contributed by atoms with E-state index < -0.39 is 5.63 Å². The summed E-state index contributed by atoms with van der Waals surface area (Å²) in [5, 5.41) is 12.8. The van der Waals surface area contributed by atoms with Gasteiger partial charge in [0.15, 0.2) is 0 Å². The zero-order valence-electron chi connectivity index (χ0n) is 11.6. The summed E-state index contributed by atoms with van der Waals surface area (Å²) in [7, 11) is 0. The van der Waals surface area contributed by atoms with Gasteiger partial charge in [0.25, 0.3) is 0 Å². The first-order chi connectivity index (χ1) is 10.6. The van der Waals surface area contributed by atoms with E-state index in [2.05, 4.69) is 5.32 Å². The smallest absolute Gasteiger partial charge is 0.336 e. The van der Waals surface area contributed by atoms with E-state index in [-0.39, 0.29) is 23.7 Å². The predicted molar refractivity (Wildman–Crippen MR) is 82.9 cm³/mol. The number of anilines is 1. The highest BCUT2D eigenvalue weighted by atomic mass is 16.4. The Morgan fingerprint density at radius 1 is 1.09 bits per heavy atom. The van der Waals surface area contributed by atoms with Crippen molar-refractivity contribution < 1.29 is 14.3 Å². The van der Waals surface area contributed by atoms with Crippen LogP contribution in [0.1, 0.15) is 5.56 Å². The SMILES string of the molecule is O=C(Cc1cc(=O)oc2cc(O)ccc12)Nc1ccccc1. The Kier molecular flexibility index (Phi) is 3.62. The van der Waals surface area contributed by atoms with Crippen LogP contribution in [0, 0.1) is 0 Å². The first-order valence-corrected chi connectivity index (χ1v) is 6.72. The van der Waals surface area contributed by atoms with Crippen LogP contribution in [-0.2, 0) is 11.2 Å². The van der Waals surface area contributed by atoms with E-state index in [1.165, 1.54) is 18.2 Å². The van der Waals surface area contributed by atoms with Crippen molar-refractivity contribution in [3.63, 3.8) is 0 Å². The van der Waals surface area contributed by atoms with E-state index in [1.54, 1.807) is 18.2 Å². The Morgan fingerprint density at radius 2 is 1.86 bits per heavy atom. The highest BCUT2D eigenvalue weighted by Crippen LogP contribution is 2.22. The van der Waals surface area contributed by atoms with Crippen LogP contribution >= 0.6 is 0 Å². The van der Waals surface area contributed by atoms with Gasteiger partial charge in [-0.25, -0.2) is 4.79 Å². The van der Waals surface area contributed by atoms with Gasteiger partial charge < -0.3 is 14.8 Å². The van der Waals surface area contributed by atoms with Gasteiger partial charge in [0, 0.05) is 23.2 Å². The number of hydrogen-bond donors (Lipinski definition) is 2. The molecular formula is C17H13NO4. The van der Waals surface area contributed by atoms with Gasteiger partial charge in [0.2, 0.25) is 5.91 Å². The number of phenols is 1. The lowest BCUT2D eigenvalue weighted by Gasteiger charge is -2.07. The third-order valence-electron chi connectivity index (χ3n) is 3.22. The lowest BCUT2D eigenvalue weighted by atomic mass is 10.1. The van der Waals surface area contributed by atoms with Crippen molar-refractivity contribution in [2.24, 2.45) is 0 Å². The zero-order valence-corrected chi connectivity index (χ0v) is 11.6. The number of carbonyl (C=O) groups is 1. The number of hydrogen-bond acceptors (Lipinski definition) is 4. The number of para-hydroxylation sites is 1. The minimum Gasteiger partial charge on any atom is -0.508 e. The number of amides is 1. The van der Waals surface area contributed by atoms with Crippen LogP contribution < -0.4 is 10.9 Å². The van der Waals surface area contributed by atoms with Crippen molar-refractivity contribution in [2.75, 3.05) is 5.32 Å². The van der Waals surface area contributed by atoms with Crippen LogP contribution in [-0.4, -0.2) is 11.0 Å². The third-order valence-corrected chi connectivity index (χ3v) is 3.22. The fourth-order valence-corrected chi connectivity index (χ4v) is 2.26. The van der Waals surface area contributed by atoms with Crippen LogP contribution in [0.25, 0.3) is 11.0 Å². The van der Waals surface area contributed by atoms with E-state index in [1.807, 2.05) is 18.2 Å². The molecule has 2 aromatic carbocycles. The number of benzene rings is 2. The Hall–Kier alpha value is -3.08. The van der Waals surface area contributed by atoms with Crippen molar-refractivity contribution in [3.8, 4) is 5.75 Å². The molecule has 0 saturated heterocycles. The minimum absolute atomic E-state index is 0.00142. The number of phenolic OH excluding ortho intramolecular Hbond substituents is 1. The van der Waals surface area contributed by atoms with E-state index in [0.29, 0.717) is 16.6 Å². The molecule has 5 heteroatoms. The quantitative estimate of drug-likeness (QED) is 0.728. The summed E-state index contributed by atoms with van der Waals surface area (Å²) in [6.45, 7) is 0. The molecular weight excluding hydrogens is 282 g/mol. The Balaban J connectivity index is 1.90. The van der Waals surface area contributed by atoms with E-state index in [9.17, 15) is 14.7 Å². The monoisotopic (exact) mass is 295 g/mol. The van der Waals surface area contributed by atoms with E-state index in [0.717, 1.165) is 0 Å². The molecule has 5 nitrogen and oxygen atoms in total. The number of rotatable bonds is 3. The topological polar surface area (TPSA) is 79.5 Å². The predicted octanol–water partition coefficient (Wildman–Crippen LogP) is 2.68. The maximum atomic E-state index is 12.1. The van der Waals surface area contributed by atoms with Gasteiger partial charge in [-0.05, 0) is 29.8 Å². The summed E-state index contributed by atoms with van der Waals surface area (Å²) in [6.07, 6.45) is 0.0434. The number of aromatic hydroxyl groups is 1. The third kappa shape index (κ3) is 2.98. The van der Waals surface area contributed by atoms with Gasteiger partial charge in [0.05, 0.1) is 6.42 Å². The van der Waals surface area contributed by atoms with Crippen LogP contribution in [0.4, 0.5) is 5.69 Å². The summed E-state index contributed by atoms with van der Waals surface area (Å²) < 4.78 is 5.04. The molecule has 3 aromatic rings. The second-order valence-electron chi connectivity index (χ2n) is 4.86. The standard InChI is InChI=1S/C17H13NO4/c19-13-6-7-14-11(9-17(21)22-15(14)10-13)8-16(20)18-12-4-2-1-3-5-12/h1-7,9-10,19H,8H2,(H,18,20). The molecule has 0 bridgehead atoms. The van der Waals surface area contributed by atoms with Gasteiger partial charge in [-0.2, -0.15) is 0 Å². The van der Waals surface area contributed by atoms with Gasteiger partial charge in [-0.15, -0.1) is 0 Å². The normalized spacial score (nSPS) is 10.5. The molecule has 3 rings (SSSR count). The molecule has 1 heterocycles. The maximum Gasteiger partial charge on any atom is 0.336 e. The van der Waals surface area contributed by atoms with Crippen LogP contribution in [0.3, 0.4) is 0 Å². The first kappa shape index (κ1) is 13.9. The maximum absolute atomic E-state index is 12.1. The summed E-state index contributed by atoms with van der Waals surface area (Å²) in [5.41, 5.74) is 0.952. The second-order valence-corrected chi connectivity index (χ2v) is 4.86. The fraction of sp³-hybridized carbons (Fsp3) is 0.0588. The van der Waals surface area contributed by atoms with Gasteiger partial charge >= 0.3 is 5.63 Å². The molecule has 2 N–H and O–H groups in total. The fourth-order valence-electron chi connectivity index (χ4n) is 2.26. The molecule has 1 amide bonds. The average molecular weight is 295 g/mol. The highest BCUT2D eigenvalue weighted by molar-refractivity contribution is 5.95. The minimum atomic E-state index is -0.555. The molecule has 0 spiro atoms. The molecule has 1 aromatic heterocycles. The summed E-state index contributed by atoms with van der Waals surface area (Å²) in [5.74, 6) is -0.229. The van der Waals surface area contributed by atoms with Gasteiger partial charge in [-0.3, -0.25) is 4.79 Å². The van der Waals surface area contributed by atoms with Crippen LogP contribution in [0.2, 0.25) is 0 Å². The first-order valence-electron chi connectivity index (χ1n) is 6.72. The highest BCUT2D eigenvalue weighted by Gasteiger charge is 2.11. The van der Waals surface area contributed by atoms with Gasteiger partial charge in [-0.1, -0.05) is 18.2 Å². The van der Waals surface area contributed by atoms with Crippen LogP contribution in [0.5, 0.6) is 5.75 Å². The molecule has 22 heavy (non-hydrogen) atoms.